The molecule has 0 aliphatic carbocycles. The Balaban J connectivity index is 2.32. The second kappa shape index (κ2) is 4.79. The van der Waals surface area contributed by atoms with Crippen LogP contribution in [0.5, 0.6) is 0 Å². The van der Waals surface area contributed by atoms with Gasteiger partial charge in [-0.05, 0) is 6.42 Å². The molecule has 1 rings (SSSR count). The number of nitrogens with one attached hydrogen (secondary N) is 1. The molecule has 2 amide bonds. The molecule has 1 heterocycles. The zero-order chi connectivity index (χ0) is 10.6. The lowest BCUT2D eigenvalue weighted by Gasteiger charge is -2.10. The van der Waals surface area contributed by atoms with Crippen LogP contribution in [0.15, 0.2) is 12.7 Å². The molecule has 1 aliphatic rings. The number of nitrogens with zero attached hydrogens (tertiary/aromatic N) is 1. The average Bonchev–Trinajstić information content (AvgIpc) is 2.47. The second-order valence-corrected chi connectivity index (χ2v) is 3.54. The summed E-state index contributed by atoms with van der Waals surface area (Å²) >= 11 is 0. The third-order valence-electron chi connectivity index (χ3n) is 2.36. The molecule has 0 radical (unpaired) electrons. The highest BCUT2D eigenvalue weighted by molar-refractivity contribution is 5.89. The number of carbonyl (C=O) groups excluding carboxylic acids is 2. The van der Waals surface area contributed by atoms with Gasteiger partial charge >= 0.3 is 0 Å². The average molecular weight is 196 g/mol. The van der Waals surface area contributed by atoms with E-state index in [4.69, 9.17) is 0 Å². The van der Waals surface area contributed by atoms with Crippen LogP contribution in [0.2, 0.25) is 0 Å². The first kappa shape index (κ1) is 10.8. The standard InChI is InChI=1S/C10H16N2O2/c1-3-4-5-11-10(14)8-6-9(13)12(2)7-8/h3,8H,1,4-7H2,2H3,(H,11,14). The molecule has 0 bridgehead atoms. The van der Waals surface area contributed by atoms with Gasteiger partial charge in [-0.15, -0.1) is 6.58 Å². The normalized spacial score (nSPS) is 21.1. The third-order valence-corrected chi connectivity index (χ3v) is 2.36. The summed E-state index contributed by atoms with van der Waals surface area (Å²) in [7, 11) is 1.72. The van der Waals surface area contributed by atoms with Gasteiger partial charge in [0.1, 0.15) is 0 Å². The van der Waals surface area contributed by atoms with Crippen molar-refractivity contribution in [3.63, 3.8) is 0 Å². The molecule has 1 fully saturated rings. The summed E-state index contributed by atoms with van der Waals surface area (Å²) in [5.41, 5.74) is 0. The van der Waals surface area contributed by atoms with Crippen molar-refractivity contribution in [3.8, 4) is 0 Å². The van der Waals surface area contributed by atoms with Crippen molar-refractivity contribution in [2.24, 2.45) is 5.92 Å². The Bertz CT molecular complexity index is 251. The van der Waals surface area contributed by atoms with Crippen LogP contribution in [-0.4, -0.2) is 36.9 Å². The SMILES string of the molecule is C=CCCNC(=O)C1CC(=O)N(C)C1. The van der Waals surface area contributed by atoms with E-state index in [2.05, 4.69) is 11.9 Å². The van der Waals surface area contributed by atoms with E-state index in [-0.39, 0.29) is 17.7 Å². The summed E-state index contributed by atoms with van der Waals surface area (Å²) < 4.78 is 0. The Morgan fingerprint density at radius 2 is 2.50 bits per heavy atom. The van der Waals surface area contributed by atoms with Gasteiger partial charge in [0, 0.05) is 26.6 Å². The minimum absolute atomic E-state index is 0.0236. The summed E-state index contributed by atoms with van der Waals surface area (Å²) in [5.74, 6) is -0.143. The quantitative estimate of drug-likeness (QED) is 0.514. The number of likely N-dealkylation sites (tertiary alicyclic amines) is 1. The van der Waals surface area contributed by atoms with Crippen molar-refractivity contribution in [2.45, 2.75) is 12.8 Å². The first-order valence-corrected chi connectivity index (χ1v) is 4.77. The van der Waals surface area contributed by atoms with Crippen molar-refractivity contribution in [1.29, 1.82) is 0 Å². The number of hydrogen-bond acceptors (Lipinski definition) is 2. The predicted molar refractivity (Wildman–Crippen MR) is 53.6 cm³/mol. The highest BCUT2D eigenvalue weighted by Crippen LogP contribution is 2.15. The van der Waals surface area contributed by atoms with E-state index in [1.165, 1.54) is 0 Å². The molecule has 78 valence electrons. The fraction of sp³-hybridized carbons (Fsp3) is 0.600. The maximum Gasteiger partial charge on any atom is 0.225 e. The summed E-state index contributed by atoms with van der Waals surface area (Å²) in [6.45, 7) is 4.71. The monoisotopic (exact) mass is 196 g/mol. The topological polar surface area (TPSA) is 49.4 Å². The molecule has 0 aromatic rings. The molecule has 1 N–H and O–H groups in total. The van der Waals surface area contributed by atoms with E-state index >= 15 is 0 Å². The van der Waals surface area contributed by atoms with Crippen LogP contribution >= 0.6 is 0 Å². The van der Waals surface area contributed by atoms with E-state index < -0.39 is 0 Å². The number of amides is 2. The Morgan fingerprint density at radius 3 is 3.00 bits per heavy atom. The van der Waals surface area contributed by atoms with E-state index in [1.54, 1.807) is 18.0 Å². The fourth-order valence-corrected chi connectivity index (χ4v) is 1.48. The lowest BCUT2D eigenvalue weighted by molar-refractivity contribution is -0.128. The smallest absolute Gasteiger partial charge is 0.225 e. The lowest BCUT2D eigenvalue weighted by atomic mass is 10.1. The molecule has 0 aromatic carbocycles. The first-order valence-electron chi connectivity index (χ1n) is 4.77. The molecule has 14 heavy (non-hydrogen) atoms. The van der Waals surface area contributed by atoms with E-state index in [1.807, 2.05) is 0 Å². The zero-order valence-corrected chi connectivity index (χ0v) is 8.45. The summed E-state index contributed by atoms with van der Waals surface area (Å²) in [5, 5.41) is 2.78. The van der Waals surface area contributed by atoms with Gasteiger partial charge in [-0.1, -0.05) is 6.08 Å². The molecule has 4 nitrogen and oxygen atoms in total. The molecule has 1 saturated heterocycles. The number of carbonyl (C=O) groups is 2. The molecular formula is C10H16N2O2. The molecule has 0 aromatic heterocycles. The van der Waals surface area contributed by atoms with Crippen molar-refractivity contribution in [2.75, 3.05) is 20.1 Å². The van der Waals surface area contributed by atoms with Crippen LogP contribution in [0.1, 0.15) is 12.8 Å². The van der Waals surface area contributed by atoms with E-state index in [0.29, 0.717) is 19.5 Å². The molecule has 0 saturated carbocycles. The maximum absolute atomic E-state index is 11.5. The summed E-state index contributed by atoms with van der Waals surface area (Å²) in [6.07, 6.45) is 2.87. The highest BCUT2D eigenvalue weighted by atomic mass is 16.2. The first-order chi connectivity index (χ1) is 6.65. The van der Waals surface area contributed by atoms with Gasteiger partial charge in [-0.3, -0.25) is 9.59 Å². The zero-order valence-electron chi connectivity index (χ0n) is 8.45. The summed E-state index contributed by atoms with van der Waals surface area (Å²) in [6, 6.07) is 0. The van der Waals surface area contributed by atoms with Crippen LogP contribution in [0, 0.1) is 5.92 Å². The molecule has 1 atom stereocenters. The molecule has 4 heteroatoms. The van der Waals surface area contributed by atoms with Crippen LogP contribution in [0.25, 0.3) is 0 Å². The van der Waals surface area contributed by atoms with E-state index in [0.717, 1.165) is 6.42 Å². The number of hydrogen-bond donors (Lipinski definition) is 1. The Hall–Kier alpha value is -1.32. The maximum atomic E-state index is 11.5. The minimum Gasteiger partial charge on any atom is -0.355 e. The Morgan fingerprint density at radius 1 is 1.79 bits per heavy atom. The van der Waals surface area contributed by atoms with E-state index in [9.17, 15) is 9.59 Å². The van der Waals surface area contributed by atoms with Gasteiger partial charge in [-0.2, -0.15) is 0 Å². The molecule has 1 unspecified atom stereocenters. The van der Waals surface area contributed by atoms with Crippen LogP contribution in [-0.2, 0) is 9.59 Å². The van der Waals surface area contributed by atoms with Gasteiger partial charge in [0.15, 0.2) is 0 Å². The molecule has 0 spiro atoms. The highest BCUT2D eigenvalue weighted by Gasteiger charge is 2.31. The van der Waals surface area contributed by atoms with Crippen molar-refractivity contribution < 1.29 is 9.59 Å². The van der Waals surface area contributed by atoms with Crippen molar-refractivity contribution in [3.05, 3.63) is 12.7 Å². The Kier molecular flexibility index (Phi) is 3.68. The van der Waals surface area contributed by atoms with Crippen molar-refractivity contribution in [1.82, 2.24) is 10.2 Å². The number of rotatable bonds is 4. The van der Waals surface area contributed by atoms with Crippen molar-refractivity contribution >= 4 is 11.8 Å². The minimum atomic E-state index is -0.169. The van der Waals surface area contributed by atoms with Gasteiger partial charge in [0.25, 0.3) is 0 Å². The van der Waals surface area contributed by atoms with Crippen LogP contribution < -0.4 is 5.32 Å². The molecular weight excluding hydrogens is 180 g/mol. The molecule has 1 aliphatic heterocycles. The fourth-order valence-electron chi connectivity index (χ4n) is 1.48. The largest absolute Gasteiger partial charge is 0.355 e. The van der Waals surface area contributed by atoms with Gasteiger partial charge in [-0.25, -0.2) is 0 Å². The second-order valence-electron chi connectivity index (χ2n) is 3.54. The lowest BCUT2D eigenvalue weighted by Crippen LogP contribution is -2.32. The third kappa shape index (κ3) is 2.58. The van der Waals surface area contributed by atoms with Crippen LogP contribution in [0.4, 0.5) is 0 Å². The Labute approximate surface area is 84.0 Å². The van der Waals surface area contributed by atoms with Gasteiger partial charge in [0.2, 0.25) is 11.8 Å². The predicted octanol–water partition coefficient (Wildman–Crippen LogP) is 0.157. The summed E-state index contributed by atoms with van der Waals surface area (Å²) in [4.78, 5) is 24.2. The van der Waals surface area contributed by atoms with Gasteiger partial charge < -0.3 is 10.2 Å². The van der Waals surface area contributed by atoms with Crippen LogP contribution in [0.3, 0.4) is 0 Å². The van der Waals surface area contributed by atoms with Gasteiger partial charge in [0.05, 0.1) is 5.92 Å².